The van der Waals surface area contributed by atoms with Crippen LogP contribution < -0.4 is 5.32 Å². The molecule has 0 aliphatic rings. The molecule has 7 heteroatoms. The first-order chi connectivity index (χ1) is 8.45. The second kappa shape index (κ2) is 6.84. The molecular formula is C11H22N4O2S. The van der Waals surface area contributed by atoms with E-state index in [0.717, 1.165) is 18.7 Å². The highest BCUT2D eigenvalue weighted by molar-refractivity contribution is 7.91. The Morgan fingerprint density at radius 1 is 1.44 bits per heavy atom. The Kier molecular flexibility index (Phi) is 5.74. The van der Waals surface area contributed by atoms with Gasteiger partial charge in [0.1, 0.15) is 0 Å². The lowest BCUT2D eigenvalue weighted by atomic mass is 10.4. The molecule has 0 fully saturated rings. The van der Waals surface area contributed by atoms with Gasteiger partial charge in [0.15, 0.2) is 9.84 Å². The van der Waals surface area contributed by atoms with Crippen LogP contribution in [-0.4, -0.2) is 41.0 Å². The molecule has 0 aliphatic carbocycles. The Morgan fingerprint density at radius 2 is 2.17 bits per heavy atom. The van der Waals surface area contributed by atoms with Gasteiger partial charge >= 0.3 is 0 Å². The number of rotatable bonds is 8. The van der Waals surface area contributed by atoms with Gasteiger partial charge in [0.2, 0.25) is 0 Å². The predicted molar refractivity (Wildman–Crippen MR) is 70.9 cm³/mol. The van der Waals surface area contributed by atoms with Crippen molar-refractivity contribution in [1.82, 2.24) is 20.3 Å². The number of aryl methyl sites for hydroxylation is 1. The third kappa shape index (κ3) is 4.73. The van der Waals surface area contributed by atoms with Crippen LogP contribution in [0.1, 0.15) is 32.9 Å². The van der Waals surface area contributed by atoms with Gasteiger partial charge in [0, 0.05) is 12.7 Å². The third-order valence-corrected chi connectivity index (χ3v) is 4.83. The zero-order valence-corrected chi connectivity index (χ0v) is 12.1. The number of hydrogen-bond donors (Lipinski definition) is 1. The minimum absolute atomic E-state index is 0.107. The minimum Gasteiger partial charge on any atom is -0.311 e. The maximum atomic E-state index is 11.6. The lowest BCUT2D eigenvalue weighted by Gasteiger charge is -2.06. The minimum atomic E-state index is -3.01. The Bertz CT molecular complexity index is 453. The van der Waals surface area contributed by atoms with Gasteiger partial charge in [-0.15, -0.1) is 5.10 Å². The summed E-state index contributed by atoms with van der Waals surface area (Å²) in [4.78, 5) is 0. The summed E-state index contributed by atoms with van der Waals surface area (Å²) in [5.41, 5.74) is 0.838. The van der Waals surface area contributed by atoms with E-state index in [1.807, 2.05) is 0 Å². The molecule has 104 valence electrons. The Labute approximate surface area is 109 Å². The monoisotopic (exact) mass is 274 g/mol. The average molecular weight is 274 g/mol. The molecule has 0 spiro atoms. The van der Waals surface area contributed by atoms with Gasteiger partial charge in [-0.25, -0.2) is 8.42 Å². The molecule has 0 radical (unpaired) electrons. The van der Waals surface area contributed by atoms with Crippen LogP contribution in [0.4, 0.5) is 0 Å². The van der Waals surface area contributed by atoms with E-state index in [1.165, 1.54) is 0 Å². The summed E-state index contributed by atoms with van der Waals surface area (Å²) < 4.78 is 24.9. The number of nitrogens with zero attached hydrogens (tertiary/aromatic N) is 3. The molecule has 0 bridgehead atoms. The summed E-state index contributed by atoms with van der Waals surface area (Å²) in [5, 5.41) is 10.8. The van der Waals surface area contributed by atoms with Gasteiger partial charge in [-0.3, -0.25) is 4.68 Å². The normalized spacial score (nSPS) is 12.2. The first kappa shape index (κ1) is 15.1. The number of hydrogen-bond acceptors (Lipinski definition) is 5. The number of sulfone groups is 1. The Morgan fingerprint density at radius 3 is 2.78 bits per heavy atom. The highest BCUT2D eigenvalue weighted by Gasteiger charge is 2.16. The van der Waals surface area contributed by atoms with Crippen LogP contribution >= 0.6 is 0 Å². The quantitative estimate of drug-likeness (QED) is 0.703. The van der Waals surface area contributed by atoms with Crippen molar-refractivity contribution in [1.29, 1.82) is 0 Å². The van der Waals surface area contributed by atoms with E-state index in [4.69, 9.17) is 0 Å². The van der Waals surface area contributed by atoms with Gasteiger partial charge in [-0.05, 0) is 26.8 Å². The largest absolute Gasteiger partial charge is 0.311 e. The van der Waals surface area contributed by atoms with Gasteiger partial charge in [0.05, 0.1) is 23.2 Å². The first-order valence-corrected chi connectivity index (χ1v) is 7.98. The molecule has 0 saturated carbocycles. The maximum Gasteiger partial charge on any atom is 0.154 e. The molecule has 18 heavy (non-hydrogen) atoms. The van der Waals surface area contributed by atoms with Crippen LogP contribution in [0.5, 0.6) is 0 Å². The van der Waals surface area contributed by atoms with Crippen LogP contribution in [0, 0.1) is 0 Å². The summed E-state index contributed by atoms with van der Waals surface area (Å²) in [6, 6.07) is 0. The molecule has 0 atom stereocenters. The van der Waals surface area contributed by atoms with Crippen LogP contribution in [0.3, 0.4) is 0 Å². The Hall–Kier alpha value is -0.950. The highest BCUT2D eigenvalue weighted by atomic mass is 32.2. The molecular weight excluding hydrogens is 252 g/mol. The second-order valence-electron chi connectivity index (χ2n) is 4.57. The third-order valence-electron chi connectivity index (χ3n) is 2.64. The Balaban J connectivity index is 2.45. The van der Waals surface area contributed by atoms with Crippen LogP contribution in [-0.2, 0) is 22.9 Å². The molecule has 6 nitrogen and oxygen atoms in total. The summed E-state index contributed by atoms with van der Waals surface area (Å²) in [6.45, 7) is 7.45. The van der Waals surface area contributed by atoms with Crippen molar-refractivity contribution in [2.45, 2.75) is 45.5 Å². The van der Waals surface area contributed by atoms with E-state index >= 15 is 0 Å². The van der Waals surface area contributed by atoms with E-state index < -0.39 is 9.84 Å². The molecule has 0 saturated heterocycles. The van der Waals surface area contributed by atoms with Crippen molar-refractivity contribution in [2.75, 3.05) is 12.3 Å². The highest BCUT2D eigenvalue weighted by Crippen LogP contribution is 2.02. The smallest absolute Gasteiger partial charge is 0.154 e. The molecule has 1 rings (SSSR count). The van der Waals surface area contributed by atoms with E-state index in [-0.39, 0.29) is 11.0 Å². The van der Waals surface area contributed by atoms with Gasteiger partial charge in [0.25, 0.3) is 0 Å². The molecule has 1 aromatic heterocycles. The van der Waals surface area contributed by atoms with Crippen molar-refractivity contribution in [3.8, 4) is 0 Å². The molecule has 0 unspecified atom stereocenters. The SMILES string of the molecule is CCCNCc1cn(CCS(=O)(=O)C(C)C)nn1. The van der Waals surface area contributed by atoms with Crippen LogP contribution in [0.15, 0.2) is 6.20 Å². The van der Waals surface area contributed by atoms with E-state index in [9.17, 15) is 8.42 Å². The molecule has 1 aromatic rings. The van der Waals surface area contributed by atoms with E-state index in [1.54, 1.807) is 24.7 Å². The average Bonchev–Trinajstić information content (AvgIpc) is 2.75. The molecule has 0 amide bonds. The summed E-state index contributed by atoms with van der Waals surface area (Å²) in [6.07, 6.45) is 2.86. The zero-order chi connectivity index (χ0) is 13.6. The predicted octanol–water partition coefficient (Wildman–Crippen LogP) is 0.601. The summed E-state index contributed by atoms with van der Waals surface area (Å²) >= 11 is 0. The topological polar surface area (TPSA) is 76.9 Å². The van der Waals surface area contributed by atoms with E-state index in [0.29, 0.717) is 13.1 Å². The summed E-state index contributed by atoms with van der Waals surface area (Å²) in [5.74, 6) is 0.107. The lowest BCUT2D eigenvalue weighted by molar-refractivity contribution is 0.567. The van der Waals surface area contributed by atoms with E-state index in [2.05, 4.69) is 22.6 Å². The van der Waals surface area contributed by atoms with Gasteiger partial charge in [-0.1, -0.05) is 12.1 Å². The fourth-order valence-corrected chi connectivity index (χ4v) is 2.29. The van der Waals surface area contributed by atoms with Crippen molar-refractivity contribution in [3.05, 3.63) is 11.9 Å². The number of nitrogens with one attached hydrogen (secondary N) is 1. The van der Waals surface area contributed by atoms with Crippen molar-refractivity contribution < 1.29 is 8.42 Å². The maximum absolute atomic E-state index is 11.6. The van der Waals surface area contributed by atoms with Crippen LogP contribution in [0.2, 0.25) is 0 Å². The fourth-order valence-electron chi connectivity index (χ4n) is 1.38. The first-order valence-electron chi connectivity index (χ1n) is 6.27. The van der Waals surface area contributed by atoms with Gasteiger partial charge < -0.3 is 5.32 Å². The second-order valence-corrected chi connectivity index (χ2v) is 7.24. The van der Waals surface area contributed by atoms with Crippen LogP contribution in [0.25, 0.3) is 0 Å². The standard InChI is InChI=1S/C11H22N4O2S/c1-4-5-12-8-11-9-15(14-13-11)6-7-18(16,17)10(2)3/h9-10,12H,4-8H2,1-3H3. The number of aromatic nitrogens is 3. The lowest BCUT2D eigenvalue weighted by Crippen LogP contribution is -2.21. The van der Waals surface area contributed by atoms with Gasteiger partial charge in [-0.2, -0.15) is 0 Å². The molecule has 1 N–H and O–H groups in total. The van der Waals surface area contributed by atoms with Crippen molar-refractivity contribution >= 4 is 9.84 Å². The molecule has 1 heterocycles. The molecule has 0 aromatic carbocycles. The zero-order valence-electron chi connectivity index (χ0n) is 11.3. The van der Waals surface area contributed by atoms with Crippen molar-refractivity contribution in [2.24, 2.45) is 0 Å². The molecule has 0 aliphatic heterocycles. The van der Waals surface area contributed by atoms with Crippen molar-refractivity contribution in [3.63, 3.8) is 0 Å². The summed E-state index contributed by atoms with van der Waals surface area (Å²) in [7, 11) is -3.01. The fraction of sp³-hybridized carbons (Fsp3) is 0.818.